The van der Waals surface area contributed by atoms with Crippen molar-refractivity contribution in [1.82, 2.24) is 0 Å². The molecule has 0 aliphatic carbocycles. The first-order chi connectivity index (χ1) is 9.54. The van der Waals surface area contributed by atoms with Gasteiger partial charge in [0.2, 0.25) is 0 Å². The number of rotatable bonds is 5. The summed E-state index contributed by atoms with van der Waals surface area (Å²) in [5.41, 5.74) is 1.60. The Labute approximate surface area is 127 Å². The van der Waals surface area contributed by atoms with Crippen molar-refractivity contribution in [3.05, 3.63) is 58.3 Å². The SMILES string of the molecule is Fc1cc(CNc2ccc(SC(F)F)cc2)ccc1Br. The lowest BCUT2D eigenvalue weighted by Crippen LogP contribution is -1.99. The maximum atomic E-state index is 13.3. The van der Waals surface area contributed by atoms with E-state index in [4.69, 9.17) is 0 Å². The van der Waals surface area contributed by atoms with Crippen LogP contribution in [0.3, 0.4) is 0 Å². The van der Waals surface area contributed by atoms with Gasteiger partial charge in [0.1, 0.15) is 5.82 Å². The fourth-order valence-corrected chi connectivity index (χ4v) is 2.35. The number of nitrogens with one attached hydrogen (secondary N) is 1. The minimum absolute atomic E-state index is 0.312. The summed E-state index contributed by atoms with van der Waals surface area (Å²) in [4.78, 5) is 0.514. The molecule has 0 saturated heterocycles. The molecule has 2 rings (SSSR count). The van der Waals surface area contributed by atoms with Gasteiger partial charge < -0.3 is 5.32 Å². The number of thioether (sulfide) groups is 1. The Morgan fingerprint density at radius 1 is 1.10 bits per heavy atom. The van der Waals surface area contributed by atoms with Crippen LogP contribution < -0.4 is 5.32 Å². The number of benzene rings is 2. The first-order valence-corrected chi connectivity index (χ1v) is 7.44. The number of hydrogen-bond acceptors (Lipinski definition) is 2. The van der Waals surface area contributed by atoms with E-state index < -0.39 is 5.76 Å². The van der Waals surface area contributed by atoms with E-state index in [1.165, 1.54) is 6.07 Å². The van der Waals surface area contributed by atoms with Gasteiger partial charge in [-0.1, -0.05) is 17.8 Å². The van der Waals surface area contributed by atoms with Crippen LogP contribution in [0.4, 0.5) is 18.9 Å². The van der Waals surface area contributed by atoms with Crippen LogP contribution in [0.1, 0.15) is 5.56 Å². The standard InChI is InChI=1S/C14H11BrF3NS/c15-12-6-1-9(7-13(12)16)8-19-10-2-4-11(5-3-10)20-14(17)18/h1-7,14,19H,8H2. The van der Waals surface area contributed by atoms with E-state index in [1.807, 2.05) is 0 Å². The Balaban J connectivity index is 1.95. The molecule has 6 heteroatoms. The summed E-state index contributed by atoms with van der Waals surface area (Å²) in [6, 6.07) is 11.6. The van der Waals surface area contributed by atoms with Crippen molar-refractivity contribution in [1.29, 1.82) is 0 Å². The van der Waals surface area contributed by atoms with Crippen molar-refractivity contribution in [2.24, 2.45) is 0 Å². The fraction of sp³-hybridized carbons (Fsp3) is 0.143. The molecule has 2 aromatic carbocycles. The van der Waals surface area contributed by atoms with Crippen LogP contribution in [0.15, 0.2) is 51.8 Å². The summed E-state index contributed by atoms with van der Waals surface area (Å²) in [5, 5.41) is 3.11. The lowest BCUT2D eigenvalue weighted by atomic mass is 10.2. The van der Waals surface area contributed by atoms with Crippen LogP contribution in [-0.2, 0) is 6.54 Å². The van der Waals surface area contributed by atoms with Crippen LogP contribution >= 0.6 is 27.7 Å². The molecular weight excluding hydrogens is 351 g/mol. The molecule has 0 unspecified atom stereocenters. The van der Waals surface area contributed by atoms with Crippen molar-refractivity contribution in [2.75, 3.05) is 5.32 Å². The van der Waals surface area contributed by atoms with E-state index in [0.717, 1.165) is 11.3 Å². The molecule has 0 spiro atoms. The second-order valence-electron chi connectivity index (χ2n) is 4.00. The van der Waals surface area contributed by atoms with Gasteiger partial charge in [0, 0.05) is 17.1 Å². The van der Waals surface area contributed by atoms with Gasteiger partial charge >= 0.3 is 0 Å². The van der Waals surface area contributed by atoms with Crippen molar-refractivity contribution in [3.63, 3.8) is 0 Å². The average molecular weight is 362 g/mol. The number of alkyl halides is 2. The second-order valence-corrected chi connectivity index (χ2v) is 5.92. The normalized spacial score (nSPS) is 10.8. The van der Waals surface area contributed by atoms with E-state index in [1.54, 1.807) is 36.4 Å². The molecule has 0 radical (unpaired) electrons. The summed E-state index contributed by atoms with van der Waals surface area (Å²) in [6.45, 7) is 0.464. The molecule has 0 atom stereocenters. The van der Waals surface area contributed by atoms with Gasteiger partial charge in [0.15, 0.2) is 0 Å². The third kappa shape index (κ3) is 4.45. The highest BCUT2D eigenvalue weighted by molar-refractivity contribution is 9.10. The second kappa shape index (κ2) is 7.04. The largest absolute Gasteiger partial charge is 0.381 e. The molecule has 0 aliphatic heterocycles. The third-order valence-corrected chi connectivity index (χ3v) is 3.93. The zero-order valence-corrected chi connectivity index (χ0v) is 12.6. The molecule has 0 aliphatic rings. The maximum Gasteiger partial charge on any atom is 0.288 e. The first-order valence-electron chi connectivity index (χ1n) is 5.77. The molecular formula is C14H11BrF3NS. The lowest BCUT2D eigenvalue weighted by molar-refractivity contribution is 0.252. The van der Waals surface area contributed by atoms with Gasteiger partial charge in [-0.2, -0.15) is 8.78 Å². The topological polar surface area (TPSA) is 12.0 Å². The van der Waals surface area contributed by atoms with Gasteiger partial charge in [-0.05, 0) is 57.9 Å². The Bertz CT molecular complexity index is 575. The summed E-state index contributed by atoms with van der Waals surface area (Å²) < 4.78 is 38.1. The highest BCUT2D eigenvalue weighted by Crippen LogP contribution is 2.26. The first kappa shape index (κ1) is 15.3. The average Bonchev–Trinajstić information content (AvgIpc) is 2.41. The predicted molar refractivity (Wildman–Crippen MR) is 79.7 cm³/mol. The molecule has 0 saturated carbocycles. The van der Waals surface area contributed by atoms with E-state index in [9.17, 15) is 13.2 Å². The molecule has 0 amide bonds. The number of hydrogen-bond donors (Lipinski definition) is 1. The Kier molecular flexibility index (Phi) is 5.37. The molecule has 2 aromatic rings. The maximum absolute atomic E-state index is 13.3. The predicted octanol–water partition coefficient (Wildman–Crippen LogP) is 5.52. The van der Waals surface area contributed by atoms with Gasteiger partial charge in [-0.25, -0.2) is 4.39 Å². The van der Waals surface area contributed by atoms with Crippen LogP contribution in [0, 0.1) is 5.82 Å². The molecule has 0 fully saturated rings. The van der Waals surface area contributed by atoms with Crippen LogP contribution in [0.5, 0.6) is 0 Å². The zero-order chi connectivity index (χ0) is 14.5. The fourth-order valence-electron chi connectivity index (χ4n) is 1.61. The third-order valence-electron chi connectivity index (χ3n) is 2.56. The zero-order valence-electron chi connectivity index (χ0n) is 10.2. The minimum Gasteiger partial charge on any atom is -0.381 e. The summed E-state index contributed by atoms with van der Waals surface area (Å²) in [5.74, 6) is -2.73. The smallest absolute Gasteiger partial charge is 0.288 e. The summed E-state index contributed by atoms with van der Waals surface area (Å²) in [6.07, 6.45) is 0. The van der Waals surface area contributed by atoms with Gasteiger partial charge in [0.05, 0.1) is 4.47 Å². The minimum atomic E-state index is -2.42. The van der Waals surface area contributed by atoms with Crippen molar-refractivity contribution in [2.45, 2.75) is 17.2 Å². The summed E-state index contributed by atoms with van der Waals surface area (Å²) in [7, 11) is 0. The highest BCUT2D eigenvalue weighted by Gasteiger charge is 2.05. The Hall–Kier alpha value is -1.14. The van der Waals surface area contributed by atoms with E-state index >= 15 is 0 Å². The van der Waals surface area contributed by atoms with Crippen molar-refractivity contribution in [3.8, 4) is 0 Å². The number of anilines is 1. The molecule has 0 heterocycles. The molecule has 0 aromatic heterocycles. The molecule has 1 N–H and O–H groups in total. The van der Waals surface area contributed by atoms with E-state index in [-0.39, 0.29) is 5.82 Å². The monoisotopic (exact) mass is 361 g/mol. The van der Waals surface area contributed by atoms with Gasteiger partial charge in [-0.3, -0.25) is 0 Å². The van der Waals surface area contributed by atoms with Crippen LogP contribution in [0.25, 0.3) is 0 Å². The van der Waals surface area contributed by atoms with Crippen molar-refractivity contribution < 1.29 is 13.2 Å². The van der Waals surface area contributed by atoms with E-state index in [2.05, 4.69) is 21.2 Å². The number of halogens is 4. The summed E-state index contributed by atoms with van der Waals surface area (Å²) >= 11 is 3.60. The lowest BCUT2D eigenvalue weighted by Gasteiger charge is -2.08. The van der Waals surface area contributed by atoms with Crippen LogP contribution in [0.2, 0.25) is 0 Å². The quantitative estimate of drug-likeness (QED) is 0.704. The van der Waals surface area contributed by atoms with Gasteiger partial charge in [-0.15, -0.1) is 0 Å². The molecule has 0 bridgehead atoms. The van der Waals surface area contributed by atoms with Crippen LogP contribution in [-0.4, -0.2) is 5.76 Å². The van der Waals surface area contributed by atoms with E-state index in [0.29, 0.717) is 27.7 Å². The van der Waals surface area contributed by atoms with Crippen molar-refractivity contribution >= 4 is 33.4 Å². The molecule has 20 heavy (non-hydrogen) atoms. The molecule has 1 nitrogen and oxygen atoms in total. The molecule has 106 valence electrons. The Morgan fingerprint density at radius 3 is 2.40 bits per heavy atom. The van der Waals surface area contributed by atoms with Gasteiger partial charge in [0.25, 0.3) is 5.76 Å². The highest BCUT2D eigenvalue weighted by atomic mass is 79.9. The Morgan fingerprint density at radius 2 is 1.80 bits per heavy atom.